The van der Waals surface area contributed by atoms with Crippen LogP contribution in [0.1, 0.15) is 16.2 Å². The van der Waals surface area contributed by atoms with Crippen molar-refractivity contribution in [2.24, 2.45) is 7.05 Å². The summed E-state index contributed by atoms with van der Waals surface area (Å²) in [7, 11) is 1.85. The summed E-state index contributed by atoms with van der Waals surface area (Å²) in [6, 6.07) is 11.1. The molecule has 0 amide bonds. The largest absolute Gasteiger partial charge is 0.324 e. The van der Waals surface area contributed by atoms with E-state index in [1.807, 2.05) is 35.9 Å². The first-order chi connectivity index (χ1) is 8.77. The molecule has 2 heterocycles. The number of para-hydroxylation sites is 2. The molecule has 1 aromatic carbocycles. The number of rotatable bonds is 2. The van der Waals surface area contributed by atoms with Crippen molar-refractivity contribution in [1.82, 2.24) is 14.5 Å². The van der Waals surface area contributed by atoms with Crippen LogP contribution >= 0.6 is 0 Å². The third-order valence-corrected chi connectivity index (χ3v) is 2.93. The summed E-state index contributed by atoms with van der Waals surface area (Å²) < 4.78 is 1.82. The summed E-state index contributed by atoms with van der Waals surface area (Å²) in [6.45, 7) is 0. The van der Waals surface area contributed by atoms with Crippen molar-refractivity contribution in [2.45, 2.75) is 0 Å². The standard InChI is InChI=1S/C14H11N3O/c1-17-12-5-3-2-4-11(12)16-14(17)13(18)10-6-8-15-9-7-10/h2-9H,1H3. The monoisotopic (exact) mass is 237 g/mol. The number of carbonyl (C=O) groups is 1. The SMILES string of the molecule is Cn1c(C(=O)c2ccncc2)nc2ccccc21. The molecule has 3 aromatic rings. The van der Waals surface area contributed by atoms with Gasteiger partial charge in [0.25, 0.3) is 0 Å². The zero-order chi connectivity index (χ0) is 12.5. The molecule has 88 valence electrons. The number of fused-ring (bicyclic) bond motifs is 1. The van der Waals surface area contributed by atoms with Gasteiger partial charge in [-0.1, -0.05) is 12.1 Å². The van der Waals surface area contributed by atoms with Gasteiger partial charge in [0.15, 0.2) is 5.82 Å². The molecule has 0 saturated heterocycles. The molecule has 0 bridgehead atoms. The van der Waals surface area contributed by atoms with Crippen LogP contribution in [0, 0.1) is 0 Å². The van der Waals surface area contributed by atoms with Crippen LogP contribution in [0.15, 0.2) is 48.8 Å². The van der Waals surface area contributed by atoms with Crippen molar-refractivity contribution in [3.63, 3.8) is 0 Å². The van der Waals surface area contributed by atoms with Crippen LogP contribution in [0.2, 0.25) is 0 Å². The summed E-state index contributed by atoms with van der Waals surface area (Å²) in [6.07, 6.45) is 3.21. The Labute approximate surface area is 104 Å². The van der Waals surface area contributed by atoms with Gasteiger partial charge in [0.05, 0.1) is 11.0 Å². The molecule has 0 N–H and O–H groups in total. The molecule has 0 unspecified atom stereocenters. The minimum atomic E-state index is -0.0869. The van der Waals surface area contributed by atoms with E-state index in [2.05, 4.69) is 9.97 Å². The number of benzene rings is 1. The molecule has 2 aromatic heterocycles. The van der Waals surface area contributed by atoms with E-state index >= 15 is 0 Å². The number of aryl methyl sites for hydroxylation is 1. The molecule has 4 nitrogen and oxygen atoms in total. The van der Waals surface area contributed by atoms with Crippen molar-refractivity contribution in [3.05, 3.63) is 60.2 Å². The van der Waals surface area contributed by atoms with E-state index in [-0.39, 0.29) is 5.78 Å². The van der Waals surface area contributed by atoms with E-state index in [1.54, 1.807) is 24.5 Å². The topological polar surface area (TPSA) is 47.8 Å². The van der Waals surface area contributed by atoms with Crippen LogP contribution in [-0.2, 0) is 7.05 Å². The Bertz CT molecular complexity index is 716. The highest BCUT2D eigenvalue weighted by Crippen LogP contribution is 2.16. The molecule has 18 heavy (non-hydrogen) atoms. The maximum Gasteiger partial charge on any atom is 0.228 e. The average molecular weight is 237 g/mol. The van der Waals surface area contributed by atoms with Gasteiger partial charge in [-0.3, -0.25) is 9.78 Å². The molecule has 0 aliphatic heterocycles. The molecule has 0 spiro atoms. The van der Waals surface area contributed by atoms with Crippen molar-refractivity contribution in [1.29, 1.82) is 0 Å². The van der Waals surface area contributed by atoms with E-state index in [4.69, 9.17) is 0 Å². The number of hydrogen-bond donors (Lipinski definition) is 0. The first kappa shape index (κ1) is 10.7. The van der Waals surface area contributed by atoms with Crippen LogP contribution in [0.5, 0.6) is 0 Å². The molecule has 0 fully saturated rings. The maximum absolute atomic E-state index is 12.3. The average Bonchev–Trinajstić information content (AvgIpc) is 2.77. The Morgan fingerprint density at radius 1 is 1.11 bits per heavy atom. The Morgan fingerprint density at radius 3 is 2.56 bits per heavy atom. The van der Waals surface area contributed by atoms with Gasteiger partial charge in [0.1, 0.15) is 0 Å². The number of carbonyl (C=O) groups excluding carboxylic acids is 1. The maximum atomic E-state index is 12.3. The number of nitrogens with zero attached hydrogens (tertiary/aromatic N) is 3. The predicted octanol–water partition coefficient (Wildman–Crippen LogP) is 2.20. The molecule has 0 aliphatic carbocycles. The molecule has 0 aliphatic rings. The van der Waals surface area contributed by atoms with E-state index in [0.717, 1.165) is 11.0 Å². The Balaban J connectivity index is 2.15. The third kappa shape index (κ3) is 1.59. The zero-order valence-corrected chi connectivity index (χ0v) is 9.87. The summed E-state index contributed by atoms with van der Waals surface area (Å²) >= 11 is 0. The molecular weight excluding hydrogens is 226 g/mol. The van der Waals surface area contributed by atoms with Crippen LogP contribution in [0.4, 0.5) is 0 Å². The molecular formula is C14H11N3O. The van der Waals surface area contributed by atoms with E-state index < -0.39 is 0 Å². The van der Waals surface area contributed by atoms with Crippen LogP contribution < -0.4 is 0 Å². The van der Waals surface area contributed by atoms with Gasteiger partial charge in [0, 0.05) is 25.0 Å². The normalized spacial score (nSPS) is 10.7. The highest BCUT2D eigenvalue weighted by Gasteiger charge is 2.16. The van der Waals surface area contributed by atoms with Crippen LogP contribution in [0.25, 0.3) is 11.0 Å². The molecule has 0 saturated carbocycles. The van der Waals surface area contributed by atoms with E-state index in [1.165, 1.54) is 0 Å². The lowest BCUT2D eigenvalue weighted by atomic mass is 10.2. The number of ketones is 1. The fourth-order valence-electron chi connectivity index (χ4n) is 1.98. The van der Waals surface area contributed by atoms with Gasteiger partial charge in [-0.05, 0) is 24.3 Å². The fraction of sp³-hybridized carbons (Fsp3) is 0.0714. The highest BCUT2D eigenvalue weighted by atomic mass is 16.1. The lowest BCUT2D eigenvalue weighted by Gasteiger charge is -2.01. The summed E-state index contributed by atoms with van der Waals surface area (Å²) in [5.74, 6) is 0.360. The van der Waals surface area contributed by atoms with E-state index in [0.29, 0.717) is 11.4 Å². The third-order valence-electron chi connectivity index (χ3n) is 2.93. The fourth-order valence-corrected chi connectivity index (χ4v) is 1.98. The molecule has 4 heteroatoms. The quantitative estimate of drug-likeness (QED) is 0.642. The van der Waals surface area contributed by atoms with Crippen molar-refractivity contribution in [2.75, 3.05) is 0 Å². The minimum absolute atomic E-state index is 0.0869. The number of aromatic nitrogens is 3. The number of imidazole rings is 1. The van der Waals surface area contributed by atoms with Crippen molar-refractivity contribution >= 4 is 16.8 Å². The number of hydrogen-bond acceptors (Lipinski definition) is 3. The minimum Gasteiger partial charge on any atom is -0.324 e. The highest BCUT2D eigenvalue weighted by molar-refractivity contribution is 6.08. The van der Waals surface area contributed by atoms with E-state index in [9.17, 15) is 4.79 Å². The summed E-state index contributed by atoms with van der Waals surface area (Å²) in [5.41, 5.74) is 2.38. The zero-order valence-electron chi connectivity index (χ0n) is 9.87. The lowest BCUT2D eigenvalue weighted by Crippen LogP contribution is -2.08. The number of pyridine rings is 1. The van der Waals surface area contributed by atoms with Gasteiger partial charge in [-0.25, -0.2) is 4.98 Å². The van der Waals surface area contributed by atoms with Crippen molar-refractivity contribution in [3.8, 4) is 0 Å². The van der Waals surface area contributed by atoms with Gasteiger partial charge < -0.3 is 4.57 Å². The summed E-state index contributed by atoms with van der Waals surface area (Å²) in [5, 5.41) is 0. The Hall–Kier alpha value is -2.49. The first-order valence-electron chi connectivity index (χ1n) is 5.63. The summed E-state index contributed by atoms with van der Waals surface area (Å²) in [4.78, 5) is 20.6. The smallest absolute Gasteiger partial charge is 0.228 e. The van der Waals surface area contributed by atoms with Crippen molar-refractivity contribution < 1.29 is 4.79 Å². The Morgan fingerprint density at radius 2 is 1.83 bits per heavy atom. The van der Waals surface area contributed by atoms with Crippen LogP contribution in [0.3, 0.4) is 0 Å². The molecule has 0 atom stereocenters. The van der Waals surface area contributed by atoms with Gasteiger partial charge in [-0.15, -0.1) is 0 Å². The van der Waals surface area contributed by atoms with Gasteiger partial charge >= 0.3 is 0 Å². The lowest BCUT2D eigenvalue weighted by molar-refractivity contribution is 0.102. The second kappa shape index (κ2) is 4.07. The van der Waals surface area contributed by atoms with Gasteiger partial charge in [0.2, 0.25) is 5.78 Å². The van der Waals surface area contributed by atoms with Crippen LogP contribution in [-0.4, -0.2) is 20.3 Å². The second-order valence-corrected chi connectivity index (χ2v) is 4.05. The first-order valence-corrected chi connectivity index (χ1v) is 5.63. The molecule has 0 radical (unpaired) electrons. The predicted molar refractivity (Wildman–Crippen MR) is 68.4 cm³/mol. The second-order valence-electron chi connectivity index (χ2n) is 4.05. The molecule has 3 rings (SSSR count). The Kier molecular flexibility index (Phi) is 2.41. The van der Waals surface area contributed by atoms with Gasteiger partial charge in [-0.2, -0.15) is 0 Å².